The van der Waals surface area contributed by atoms with Crippen LogP contribution in [0.3, 0.4) is 0 Å². The fraction of sp³-hybridized carbons (Fsp3) is 0.333. The minimum atomic E-state index is 0.494. The molecule has 5 nitrogen and oxygen atoms in total. The Morgan fingerprint density at radius 3 is 2.78 bits per heavy atom. The van der Waals surface area contributed by atoms with Gasteiger partial charge in [0, 0.05) is 10.4 Å². The Labute approximate surface area is 162 Å². The van der Waals surface area contributed by atoms with Crippen molar-refractivity contribution in [2.24, 2.45) is 0 Å². The molecule has 0 N–H and O–H groups in total. The van der Waals surface area contributed by atoms with Crippen molar-refractivity contribution in [2.45, 2.75) is 33.0 Å². The lowest BCUT2D eigenvalue weighted by Crippen LogP contribution is -2.06. The normalized spacial score (nSPS) is 16.4. The Kier molecular flexibility index (Phi) is 4.39. The van der Waals surface area contributed by atoms with E-state index in [0.717, 1.165) is 31.1 Å². The third-order valence-corrected chi connectivity index (χ3v) is 6.43. The van der Waals surface area contributed by atoms with Gasteiger partial charge >= 0.3 is 0 Å². The molecular formula is C21H21N3O2S. The van der Waals surface area contributed by atoms with E-state index in [2.05, 4.69) is 51.2 Å². The number of hydrogen-bond acceptors (Lipinski definition) is 5. The summed E-state index contributed by atoms with van der Waals surface area (Å²) >= 11 is 1.82. The number of aromatic nitrogens is 3. The van der Waals surface area contributed by atoms with Gasteiger partial charge in [-0.15, -0.1) is 21.5 Å². The SMILES string of the molecule is Cc1nnc2n1-c1sc(C3=CCCOC3)c(Cc3ccccc3)c1COC2. The first kappa shape index (κ1) is 16.9. The molecule has 0 saturated carbocycles. The van der Waals surface area contributed by atoms with Gasteiger partial charge in [-0.05, 0) is 36.5 Å². The Morgan fingerprint density at radius 1 is 1.07 bits per heavy atom. The Morgan fingerprint density at radius 2 is 1.96 bits per heavy atom. The van der Waals surface area contributed by atoms with Crippen molar-refractivity contribution in [3.63, 3.8) is 0 Å². The molecule has 0 radical (unpaired) electrons. The predicted molar refractivity (Wildman–Crippen MR) is 105 cm³/mol. The quantitative estimate of drug-likeness (QED) is 0.689. The number of fused-ring (bicyclic) bond motifs is 3. The number of benzene rings is 1. The molecule has 1 aromatic carbocycles. The lowest BCUT2D eigenvalue weighted by molar-refractivity contribution is 0.104. The van der Waals surface area contributed by atoms with Crippen LogP contribution in [0.15, 0.2) is 36.4 Å². The third kappa shape index (κ3) is 3.04. The molecular weight excluding hydrogens is 358 g/mol. The van der Waals surface area contributed by atoms with Gasteiger partial charge in [0.2, 0.25) is 0 Å². The van der Waals surface area contributed by atoms with Crippen LogP contribution in [0.4, 0.5) is 0 Å². The molecule has 0 atom stereocenters. The molecule has 0 unspecified atom stereocenters. The summed E-state index contributed by atoms with van der Waals surface area (Å²) < 4.78 is 13.9. The molecule has 2 aliphatic rings. The Bertz CT molecular complexity index is 1000. The van der Waals surface area contributed by atoms with E-state index in [-0.39, 0.29) is 0 Å². The monoisotopic (exact) mass is 379 g/mol. The molecule has 0 amide bonds. The Balaban J connectivity index is 1.69. The molecule has 4 heterocycles. The summed E-state index contributed by atoms with van der Waals surface area (Å²) in [6, 6.07) is 10.6. The lowest BCUT2D eigenvalue weighted by atomic mass is 9.98. The summed E-state index contributed by atoms with van der Waals surface area (Å²) in [6.07, 6.45) is 4.18. The van der Waals surface area contributed by atoms with E-state index in [1.54, 1.807) is 0 Å². The molecule has 2 aliphatic heterocycles. The van der Waals surface area contributed by atoms with E-state index in [1.165, 1.54) is 32.1 Å². The molecule has 138 valence electrons. The summed E-state index contributed by atoms with van der Waals surface area (Å²) in [5, 5.41) is 9.77. The molecule has 2 aromatic heterocycles. The minimum Gasteiger partial charge on any atom is -0.376 e. The largest absolute Gasteiger partial charge is 0.376 e. The third-order valence-electron chi connectivity index (χ3n) is 5.09. The molecule has 0 fully saturated rings. The maximum atomic E-state index is 5.97. The van der Waals surface area contributed by atoms with Gasteiger partial charge in [-0.1, -0.05) is 36.4 Å². The van der Waals surface area contributed by atoms with E-state index in [1.807, 2.05) is 18.3 Å². The average molecular weight is 379 g/mol. The molecule has 0 saturated heterocycles. The molecule has 3 aromatic rings. The molecule has 0 aliphatic carbocycles. The van der Waals surface area contributed by atoms with E-state index >= 15 is 0 Å². The second-order valence-electron chi connectivity index (χ2n) is 6.92. The van der Waals surface area contributed by atoms with Crippen molar-refractivity contribution in [3.8, 4) is 5.00 Å². The van der Waals surface area contributed by atoms with Gasteiger partial charge in [0.1, 0.15) is 17.4 Å². The summed E-state index contributed by atoms with van der Waals surface area (Å²) in [5.41, 5.74) is 5.20. The van der Waals surface area contributed by atoms with Gasteiger partial charge in [-0.3, -0.25) is 4.57 Å². The zero-order valence-corrected chi connectivity index (χ0v) is 16.1. The van der Waals surface area contributed by atoms with Gasteiger partial charge in [0.05, 0.1) is 19.8 Å². The van der Waals surface area contributed by atoms with Crippen LogP contribution in [0.2, 0.25) is 0 Å². The van der Waals surface area contributed by atoms with Gasteiger partial charge < -0.3 is 9.47 Å². The summed E-state index contributed by atoms with van der Waals surface area (Å²) in [5.74, 6) is 1.78. The smallest absolute Gasteiger partial charge is 0.164 e. The highest BCUT2D eigenvalue weighted by Crippen LogP contribution is 2.41. The molecule has 5 rings (SSSR count). The standard InChI is InChI=1S/C21H21N3O2S/c1-14-22-23-19-13-26-12-18-17(10-15-6-3-2-4-7-15)20(27-21(18)24(14)19)16-8-5-9-25-11-16/h2-4,6-8H,5,9-13H2,1H3. The van der Waals surface area contributed by atoms with Crippen LogP contribution in [0.5, 0.6) is 0 Å². The fourth-order valence-corrected chi connectivity index (χ4v) is 5.21. The first-order chi connectivity index (χ1) is 13.3. The van der Waals surface area contributed by atoms with Gasteiger partial charge in [-0.25, -0.2) is 0 Å². The fourth-order valence-electron chi connectivity index (χ4n) is 3.79. The number of ether oxygens (including phenoxy) is 2. The van der Waals surface area contributed by atoms with Crippen LogP contribution in [0, 0.1) is 6.92 Å². The maximum absolute atomic E-state index is 5.97. The Hall–Kier alpha value is -2.28. The van der Waals surface area contributed by atoms with E-state index in [0.29, 0.717) is 19.8 Å². The second kappa shape index (κ2) is 7.03. The van der Waals surface area contributed by atoms with E-state index < -0.39 is 0 Å². The van der Waals surface area contributed by atoms with Crippen molar-refractivity contribution >= 4 is 16.9 Å². The highest BCUT2D eigenvalue weighted by molar-refractivity contribution is 7.16. The maximum Gasteiger partial charge on any atom is 0.164 e. The van der Waals surface area contributed by atoms with Crippen LogP contribution in [0.25, 0.3) is 10.6 Å². The average Bonchev–Trinajstić information content (AvgIpc) is 3.18. The van der Waals surface area contributed by atoms with Crippen molar-refractivity contribution in [3.05, 3.63) is 69.6 Å². The first-order valence-electron chi connectivity index (χ1n) is 9.26. The van der Waals surface area contributed by atoms with Crippen LogP contribution < -0.4 is 0 Å². The second-order valence-corrected chi connectivity index (χ2v) is 7.92. The highest BCUT2D eigenvalue weighted by Gasteiger charge is 2.27. The first-order valence-corrected chi connectivity index (χ1v) is 10.1. The topological polar surface area (TPSA) is 49.2 Å². The minimum absolute atomic E-state index is 0.494. The van der Waals surface area contributed by atoms with Gasteiger partial charge in [0.15, 0.2) is 5.82 Å². The number of hydrogen-bond donors (Lipinski definition) is 0. The van der Waals surface area contributed by atoms with Gasteiger partial charge in [-0.2, -0.15) is 0 Å². The number of rotatable bonds is 3. The van der Waals surface area contributed by atoms with Crippen molar-refractivity contribution in [1.82, 2.24) is 14.8 Å². The van der Waals surface area contributed by atoms with E-state index in [4.69, 9.17) is 9.47 Å². The van der Waals surface area contributed by atoms with Crippen LogP contribution >= 0.6 is 11.3 Å². The molecule has 0 bridgehead atoms. The van der Waals surface area contributed by atoms with E-state index in [9.17, 15) is 0 Å². The van der Waals surface area contributed by atoms with Crippen molar-refractivity contribution in [2.75, 3.05) is 13.2 Å². The lowest BCUT2D eigenvalue weighted by Gasteiger charge is -2.15. The zero-order chi connectivity index (χ0) is 18.2. The van der Waals surface area contributed by atoms with Gasteiger partial charge in [0.25, 0.3) is 0 Å². The molecule has 27 heavy (non-hydrogen) atoms. The number of aryl methyl sites for hydroxylation is 1. The van der Waals surface area contributed by atoms with Crippen LogP contribution in [0.1, 0.15) is 39.6 Å². The summed E-state index contributed by atoms with van der Waals surface area (Å²) in [7, 11) is 0. The predicted octanol–water partition coefficient (Wildman–Crippen LogP) is 4.06. The van der Waals surface area contributed by atoms with Crippen LogP contribution in [-0.4, -0.2) is 28.0 Å². The number of thiophene rings is 1. The van der Waals surface area contributed by atoms with Crippen molar-refractivity contribution < 1.29 is 9.47 Å². The van der Waals surface area contributed by atoms with Crippen molar-refractivity contribution in [1.29, 1.82) is 0 Å². The summed E-state index contributed by atoms with van der Waals surface area (Å²) in [6.45, 7) is 4.58. The summed E-state index contributed by atoms with van der Waals surface area (Å²) in [4.78, 5) is 1.31. The van der Waals surface area contributed by atoms with Crippen LogP contribution in [-0.2, 0) is 29.1 Å². The highest BCUT2D eigenvalue weighted by atomic mass is 32.1. The zero-order valence-electron chi connectivity index (χ0n) is 15.3. The molecule has 0 spiro atoms. The molecule has 6 heteroatoms. The number of nitrogens with zero attached hydrogens (tertiary/aromatic N) is 3.